The molecular formula is C25H22N8O2S. The minimum atomic E-state index is 0.232. The lowest BCUT2D eigenvalue weighted by Crippen LogP contribution is -2.47. The van der Waals surface area contributed by atoms with Crippen LogP contribution in [0.2, 0.25) is 0 Å². The molecule has 11 heteroatoms. The Bertz CT molecular complexity index is 1510. The number of anilines is 4. The number of benzene rings is 1. The summed E-state index contributed by atoms with van der Waals surface area (Å²) in [6, 6.07) is 13.8. The Morgan fingerprint density at radius 3 is 2.61 bits per heavy atom. The van der Waals surface area contributed by atoms with Gasteiger partial charge in [0.1, 0.15) is 12.1 Å². The van der Waals surface area contributed by atoms with Crippen LogP contribution in [0.25, 0.3) is 16.9 Å². The maximum absolute atomic E-state index is 5.55. The Labute approximate surface area is 210 Å². The highest BCUT2D eigenvalue weighted by Gasteiger charge is 2.23. The monoisotopic (exact) mass is 498 g/mol. The van der Waals surface area contributed by atoms with E-state index in [-0.39, 0.29) is 6.79 Å². The highest BCUT2D eigenvalue weighted by Crippen LogP contribution is 2.36. The first-order chi connectivity index (χ1) is 17.8. The topological polar surface area (TPSA) is 93.5 Å². The van der Waals surface area contributed by atoms with Crippen LogP contribution in [0.3, 0.4) is 0 Å². The summed E-state index contributed by atoms with van der Waals surface area (Å²) in [5, 5.41) is 7.57. The van der Waals surface area contributed by atoms with Crippen LogP contribution >= 0.6 is 11.3 Å². The molecule has 6 heterocycles. The summed E-state index contributed by atoms with van der Waals surface area (Å²) in [6.07, 6.45) is 3.63. The van der Waals surface area contributed by atoms with Crippen molar-refractivity contribution in [3.05, 3.63) is 65.7 Å². The first-order valence-corrected chi connectivity index (χ1v) is 12.6. The van der Waals surface area contributed by atoms with Crippen molar-refractivity contribution in [3.63, 3.8) is 0 Å². The number of thiophene rings is 1. The number of nitrogens with zero attached hydrogens (tertiary/aromatic N) is 7. The fraction of sp³-hybridized carbons (Fsp3) is 0.200. The Morgan fingerprint density at radius 2 is 1.78 bits per heavy atom. The standard InChI is InChI=1S/C25H22N8O2S/c1-2-7-26-21(3-1)31-8-10-32(11-9-31)25-29-23(28-17-4-5-19-20(13-17)35-16-34-19)22-24(30-25)33(15-27-22)18-6-12-36-14-18/h1-7,12-15H,8-11,16H2,(H,28,29,30). The van der Waals surface area contributed by atoms with Gasteiger partial charge in [0.05, 0.1) is 5.69 Å². The molecule has 0 spiro atoms. The second kappa shape index (κ2) is 8.68. The zero-order valence-electron chi connectivity index (χ0n) is 19.2. The van der Waals surface area contributed by atoms with E-state index in [1.807, 2.05) is 52.5 Å². The molecule has 2 aliphatic rings. The quantitative estimate of drug-likeness (QED) is 0.385. The fourth-order valence-electron chi connectivity index (χ4n) is 4.49. The average Bonchev–Trinajstić information content (AvgIpc) is 3.70. The molecule has 1 fully saturated rings. The number of ether oxygens (including phenoxy) is 2. The third-order valence-electron chi connectivity index (χ3n) is 6.34. The summed E-state index contributed by atoms with van der Waals surface area (Å²) >= 11 is 1.64. The normalized spacial score (nSPS) is 15.0. The molecule has 2 aliphatic heterocycles. The van der Waals surface area contributed by atoms with Gasteiger partial charge in [0.25, 0.3) is 0 Å². The molecular weight excluding hydrogens is 476 g/mol. The van der Waals surface area contributed by atoms with Gasteiger partial charge in [0.2, 0.25) is 12.7 Å². The lowest BCUT2D eigenvalue weighted by Gasteiger charge is -2.35. The predicted molar refractivity (Wildman–Crippen MR) is 139 cm³/mol. The van der Waals surface area contributed by atoms with E-state index < -0.39 is 0 Å². The van der Waals surface area contributed by atoms with Gasteiger partial charge in [0.15, 0.2) is 28.5 Å². The second-order valence-electron chi connectivity index (χ2n) is 8.50. The number of hydrogen-bond acceptors (Lipinski definition) is 10. The SMILES string of the molecule is c1ccc(N2CCN(c3nc(Nc4ccc5c(c4)OCO5)c4ncn(-c5ccsc5)c4n3)CC2)nc1. The second-order valence-corrected chi connectivity index (χ2v) is 9.28. The van der Waals surface area contributed by atoms with Crippen molar-refractivity contribution in [1.29, 1.82) is 0 Å². The van der Waals surface area contributed by atoms with Gasteiger partial charge in [-0.05, 0) is 35.7 Å². The molecule has 0 amide bonds. The minimum Gasteiger partial charge on any atom is -0.454 e. The molecule has 0 saturated carbocycles. The lowest BCUT2D eigenvalue weighted by molar-refractivity contribution is 0.174. The van der Waals surface area contributed by atoms with Crippen LogP contribution in [0.5, 0.6) is 11.5 Å². The number of rotatable bonds is 5. The van der Waals surface area contributed by atoms with E-state index in [0.29, 0.717) is 23.0 Å². The summed E-state index contributed by atoms with van der Waals surface area (Å²) in [5.74, 6) is 3.76. The van der Waals surface area contributed by atoms with Gasteiger partial charge >= 0.3 is 0 Å². The molecule has 0 radical (unpaired) electrons. The lowest BCUT2D eigenvalue weighted by atomic mass is 10.2. The smallest absolute Gasteiger partial charge is 0.231 e. The molecule has 36 heavy (non-hydrogen) atoms. The van der Waals surface area contributed by atoms with E-state index in [2.05, 4.69) is 36.5 Å². The van der Waals surface area contributed by atoms with E-state index in [9.17, 15) is 0 Å². The maximum atomic E-state index is 5.55. The van der Waals surface area contributed by atoms with Crippen molar-refractivity contribution in [2.45, 2.75) is 0 Å². The summed E-state index contributed by atoms with van der Waals surface area (Å²) in [7, 11) is 0. The summed E-state index contributed by atoms with van der Waals surface area (Å²) in [5.41, 5.74) is 3.33. The maximum Gasteiger partial charge on any atom is 0.231 e. The predicted octanol–water partition coefficient (Wildman–Crippen LogP) is 4.07. The molecule has 0 aliphatic carbocycles. The van der Waals surface area contributed by atoms with Crippen molar-refractivity contribution in [1.82, 2.24) is 24.5 Å². The first kappa shape index (κ1) is 20.9. The van der Waals surface area contributed by atoms with Crippen LogP contribution in [-0.2, 0) is 0 Å². The van der Waals surface area contributed by atoms with Gasteiger partial charge in [-0.3, -0.25) is 4.57 Å². The van der Waals surface area contributed by atoms with Gasteiger partial charge in [0, 0.05) is 49.5 Å². The summed E-state index contributed by atoms with van der Waals surface area (Å²) in [4.78, 5) is 23.6. The number of piperazine rings is 1. The number of aromatic nitrogens is 5. The van der Waals surface area contributed by atoms with E-state index in [1.54, 1.807) is 17.7 Å². The van der Waals surface area contributed by atoms with Crippen molar-refractivity contribution in [2.24, 2.45) is 0 Å². The number of hydrogen-bond donors (Lipinski definition) is 1. The van der Waals surface area contributed by atoms with Crippen molar-refractivity contribution in [2.75, 3.05) is 48.1 Å². The Kier molecular flexibility index (Phi) is 5.05. The highest BCUT2D eigenvalue weighted by atomic mass is 32.1. The molecule has 5 aromatic rings. The Balaban J connectivity index is 1.24. The van der Waals surface area contributed by atoms with Gasteiger partial charge < -0.3 is 24.6 Å². The molecule has 180 valence electrons. The molecule has 4 aromatic heterocycles. The van der Waals surface area contributed by atoms with E-state index in [0.717, 1.165) is 54.8 Å². The Morgan fingerprint density at radius 1 is 0.889 bits per heavy atom. The van der Waals surface area contributed by atoms with Gasteiger partial charge in [-0.15, -0.1) is 0 Å². The molecule has 0 atom stereocenters. The molecule has 1 aromatic carbocycles. The number of imidazole rings is 1. The zero-order chi connectivity index (χ0) is 23.9. The largest absolute Gasteiger partial charge is 0.454 e. The van der Waals surface area contributed by atoms with Crippen molar-refractivity contribution < 1.29 is 9.47 Å². The van der Waals surface area contributed by atoms with Gasteiger partial charge in [-0.1, -0.05) is 6.07 Å². The van der Waals surface area contributed by atoms with Crippen molar-refractivity contribution >= 4 is 45.8 Å². The first-order valence-electron chi connectivity index (χ1n) is 11.7. The van der Waals surface area contributed by atoms with Crippen LogP contribution in [0.1, 0.15) is 0 Å². The Hall–Kier alpha value is -4.38. The number of pyridine rings is 1. The molecule has 1 N–H and O–H groups in total. The van der Waals surface area contributed by atoms with Crippen molar-refractivity contribution in [3.8, 4) is 17.2 Å². The molecule has 10 nitrogen and oxygen atoms in total. The van der Waals surface area contributed by atoms with E-state index in [1.165, 1.54) is 0 Å². The van der Waals surface area contributed by atoms with Gasteiger partial charge in [-0.2, -0.15) is 21.3 Å². The van der Waals surface area contributed by atoms with Crippen LogP contribution in [0.4, 0.5) is 23.3 Å². The number of fused-ring (bicyclic) bond motifs is 2. The average molecular weight is 499 g/mol. The number of nitrogens with one attached hydrogen (secondary N) is 1. The third-order valence-corrected chi connectivity index (χ3v) is 7.01. The van der Waals surface area contributed by atoms with Crippen LogP contribution in [0, 0.1) is 0 Å². The summed E-state index contributed by atoms with van der Waals surface area (Å²) < 4.78 is 13.0. The fourth-order valence-corrected chi connectivity index (χ4v) is 5.12. The van der Waals surface area contributed by atoms with E-state index in [4.69, 9.17) is 19.4 Å². The highest BCUT2D eigenvalue weighted by molar-refractivity contribution is 7.08. The van der Waals surface area contributed by atoms with Crippen LogP contribution in [-0.4, -0.2) is 57.5 Å². The van der Waals surface area contributed by atoms with Crippen LogP contribution in [0.15, 0.2) is 65.7 Å². The van der Waals surface area contributed by atoms with Crippen LogP contribution < -0.4 is 24.6 Å². The molecule has 0 bridgehead atoms. The van der Waals surface area contributed by atoms with Gasteiger partial charge in [-0.25, -0.2) is 9.97 Å². The minimum absolute atomic E-state index is 0.232. The third kappa shape index (κ3) is 3.73. The van der Waals surface area contributed by atoms with E-state index >= 15 is 0 Å². The zero-order valence-corrected chi connectivity index (χ0v) is 20.1. The summed E-state index contributed by atoms with van der Waals surface area (Å²) in [6.45, 7) is 3.49. The molecule has 0 unspecified atom stereocenters. The molecule has 7 rings (SSSR count). The molecule has 1 saturated heterocycles.